The van der Waals surface area contributed by atoms with Crippen LogP contribution in [0.3, 0.4) is 0 Å². The molecule has 8 heteroatoms. The van der Waals surface area contributed by atoms with Crippen LogP contribution in [0.2, 0.25) is 5.02 Å². The smallest absolute Gasteiger partial charge is 0.432 e. The van der Waals surface area contributed by atoms with E-state index in [0.29, 0.717) is 10.7 Å². The summed E-state index contributed by atoms with van der Waals surface area (Å²) < 4.78 is 10.2. The Balaban J connectivity index is 2.46. The fraction of sp³-hybridized carbons (Fsp3) is 0.333. The number of nitrogens with zero attached hydrogens (tertiary/aromatic N) is 2. The maximum absolute atomic E-state index is 12.2. The molecule has 0 saturated heterocycles. The molecule has 0 bridgehead atoms. The highest BCUT2D eigenvalue weighted by molar-refractivity contribution is 7.97. The van der Waals surface area contributed by atoms with E-state index in [0.717, 1.165) is 16.2 Å². The third kappa shape index (κ3) is 5.74. The number of benzene rings is 1. The Kier molecular flexibility index (Phi) is 8.44. The summed E-state index contributed by atoms with van der Waals surface area (Å²) in [6.45, 7) is 2.02. The van der Waals surface area contributed by atoms with E-state index in [9.17, 15) is 4.79 Å². The van der Waals surface area contributed by atoms with Crippen LogP contribution in [0.25, 0.3) is 0 Å². The summed E-state index contributed by atoms with van der Waals surface area (Å²) in [6.07, 6.45) is 1.51. The van der Waals surface area contributed by atoms with Crippen molar-refractivity contribution in [2.75, 3.05) is 26.7 Å². The van der Waals surface area contributed by atoms with Crippen molar-refractivity contribution in [1.29, 1.82) is 0 Å². The number of carbonyl (C=O) groups excluding carboxylic acids is 1. The van der Waals surface area contributed by atoms with Crippen LogP contribution in [0.5, 0.6) is 0 Å². The van der Waals surface area contributed by atoms with Gasteiger partial charge in [-0.2, -0.15) is 21.9 Å². The maximum Gasteiger partial charge on any atom is 0.432 e. The van der Waals surface area contributed by atoms with Crippen LogP contribution < -0.4 is 0 Å². The number of hydrogen-bond donors (Lipinski definition) is 0. The molecule has 1 amide bonds. The number of thioether (sulfide) groups is 1. The van der Waals surface area contributed by atoms with Crippen LogP contribution in [0.15, 0.2) is 41.5 Å². The summed E-state index contributed by atoms with van der Waals surface area (Å²) in [5, 5.41) is 6.36. The number of hydrogen-bond acceptors (Lipinski definition) is 6. The summed E-state index contributed by atoms with van der Waals surface area (Å²) >= 11 is 9.42. The van der Waals surface area contributed by atoms with Crippen molar-refractivity contribution in [1.82, 2.24) is 5.01 Å². The molecule has 0 N–H and O–H groups in total. The maximum atomic E-state index is 12.2. The minimum absolute atomic E-state index is 0.00102. The van der Waals surface area contributed by atoms with Crippen LogP contribution >= 0.6 is 34.7 Å². The Hall–Kier alpha value is -1.54. The molecule has 2 aromatic rings. The van der Waals surface area contributed by atoms with Gasteiger partial charge in [-0.05, 0) is 37.4 Å². The van der Waals surface area contributed by atoms with E-state index in [1.54, 1.807) is 42.2 Å². The molecule has 26 heavy (non-hydrogen) atoms. The molecule has 0 unspecified atom stereocenters. The number of hydrazone groups is 1. The summed E-state index contributed by atoms with van der Waals surface area (Å²) in [7, 11) is 1.51. The van der Waals surface area contributed by atoms with Crippen molar-refractivity contribution in [3.8, 4) is 0 Å². The molecule has 0 aliphatic rings. The van der Waals surface area contributed by atoms with E-state index in [2.05, 4.69) is 17.4 Å². The van der Waals surface area contributed by atoms with Gasteiger partial charge in [0.15, 0.2) is 0 Å². The molecule has 0 radical (unpaired) electrons. The van der Waals surface area contributed by atoms with Gasteiger partial charge in [-0.3, -0.25) is 0 Å². The van der Waals surface area contributed by atoms with Crippen molar-refractivity contribution in [3.63, 3.8) is 0 Å². The van der Waals surface area contributed by atoms with Crippen molar-refractivity contribution in [2.24, 2.45) is 5.10 Å². The topological polar surface area (TPSA) is 51.1 Å². The second-order valence-corrected chi connectivity index (χ2v) is 7.64. The van der Waals surface area contributed by atoms with E-state index in [1.165, 1.54) is 17.0 Å². The molecule has 140 valence electrons. The molecule has 2 rings (SSSR count). The molecule has 1 heterocycles. The fourth-order valence-corrected chi connectivity index (χ4v) is 4.05. The zero-order chi connectivity index (χ0) is 18.9. The van der Waals surface area contributed by atoms with Gasteiger partial charge in [-0.1, -0.05) is 23.7 Å². The Morgan fingerprint density at radius 3 is 2.62 bits per heavy atom. The Labute approximate surface area is 166 Å². The van der Waals surface area contributed by atoms with Crippen LogP contribution in [-0.2, 0) is 15.2 Å². The highest BCUT2D eigenvalue weighted by Gasteiger charge is 2.18. The van der Waals surface area contributed by atoms with Gasteiger partial charge in [-0.15, -0.1) is 11.3 Å². The van der Waals surface area contributed by atoms with Crippen LogP contribution in [0, 0.1) is 0 Å². The third-order valence-corrected chi connectivity index (χ3v) is 5.38. The number of methoxy groups -OCH3 is 1. The Morgan fingerprint density at radius 1 is 1.27 bits per heavy atom. The molecule has 1 aromatic carbocycles. The molecule has 5 nitrogen and oxygen atoms in total. The first-order valence-electron chi connectivity index (χ1n) is 7.94. The molecular weight excluding hydrogens is 392 g/mol. The molecular formula is C18H21ClN2O3S2. The highest BCUT2D eigenvalue weighted by atomic mass is 35.5. The fourth-order valence-electron chi connectivity index (χ4n) is 2.15. The molecule has 0 fully saturated rings. The van der Waals surface area contributed by atoms with Gasteiger partial charge < -0.3 is 9.47 Å². The van der Waals surface area contributed by atoms with E-state index >= 15 is 0 Å². The van der Waals surface area contributed by atoms with Gasteiger partial charge in [0.1, 0.15) is 12.4 Å². The predicted molar refractivity (Wildman–Crippen MR) is 109 cm³/mol. The lowest BCUT2D eigenvalue weighted by atomic mass is 10.1. The molecule has 0 atom stereocenters. The van der Waals surface area contributed by atoms with E-state index in [-0.39, 0.29) is 13.3 Å². The van der Waals surface area contributed by atoms with Crippen LogP contribution in [0.4, 0.5) is 4.79 Å². The highest BCUT2D eigenvalue weighted by Crippen LogP contribution is 2.25. The first-order chi connectivity index (χ1) is 12.6. The lowest BCUT2D eigenvalue weighted by Crippen LogP contribution is -2.30. The zero-order valence-electron chi connectivity index (χ0n) is 14.9. The largest absolute Gasteiger partial charge is 0.448 e. The summed E-state index contributed by atoms with van der Waals surface area (Å²) in [5.41, 5.74) is 1.53. The predicted octanol–water partition coefficient (Wildman–Crippen LogP) is 5.08. The molecule has 0 aliphatic carbocycles. The van der Waals surface area contributed by atoms with Gasteiger partial charge in [0.25, 0.3) is 0 Å². The number of thiophene rings is 1. The SMILES string of the molecule is CCOC(=O)N(COC)N=C(c1ccc(Cl)cc1)c1ccc(CSC)s1. The van der Waals surface area contributed by atoms with Gasteiger partial charge in [0.05, 0.1) is 11.5 Å². The number of carbonyl (C=O) groups is 1. The zero-order valence-corrected chi connectivity index (χ0v) is 17.3. The first-order valence-corrected chi connectivity index (χ1v) is 10.5. The van der Waals surface area contributed by atoms with E-state index in [4.69, 9.17) is 21.1 Å². The van der Waals surface area contributed by atoms with Gasteiger partial charge in [-0.25, -0.2) is 4.79 Å². The quantitative estimate of drug-likeness (QED) is 0.344. The van der Waals surface area contributed by atoms with Crippen molar-refractivity contribution < 1.29 is 14.3 Å². The lowest BCUT2D eigenvalue weighted by Gasteiger charge is -2.17. The summed E-state index contributed by atoms with van der Waals surface area (Å²) in [5.74, 6) is 0.929. The van der Waals surface area contributed by atoms with Gasteiger partial charge in [0, 0.05) is 28.3 Å². The minimum Gasteiger partial charge on any atom is -0.448 e. The minimum atomic E-state index is -0.554. The van der Waals surface area contributed by atoms with E-state index < -0.39 is 6.09 Å². The van der Waals surface area contributed by atoms with Crippen molar-refractivity contribution in [2.45, 2.75) is 12.7 Å². The lowest BCUT2D eigenvalue weighted by molar-refractivity contribution is 0.0449. The standard InChI is InChI=1S/C18H21ClN2O3S2/c1-4-24-18(22)21(12-23-2)20-17(13-5-7-14(19)8-6-13)16-10-9-15(26-16)11-25-3/h5-10H,4,11-12H2,1-3H3. The van der Waals surface area contributed by atoms with E-state index in [1.807, 2.05) is 18.2 Å². The summed E-state index contributed by atoms with van der Waals surface area (Å²) in [6, 6.07) is 11.4. The van der Waals surface area contributed by atoms with Crippen molar-refractivity contribution in [3.05, 3.63) is 56.7 Å². The average Bonchev–Trinajstić information content (AvgIpc) is 3.08. The molecule has 0 saturated carbocycles. The Bertz CT molecular complexity index is 747. The number of rotatable bonds is 8. The number of halogens is 1. The van der Waals surface area contributed by atoms with Crippen molar-refractivity contribution >= 4 is 46.5 Å². The normalized spacial score (nSPS) is 11.5. The summed E-state index contributed by atoms with van der Waals surface area (Å²) in [4.78, 5) is 14.4. The van der Waals surface area contributed by atoms with Gasteiger partial charge >= 0.3 is 6.09 Å². The molecule has 0 aliphatic heterocycles. The van der Waals surface area contributed by atoms with Gasteiger partial charge in [0.2, 0.25) is 0 Å². The molecule has 1 aromatic heterocycles. The average molecular weight is 413 g/mol. The Morgan fingerprint density at radius 2 is 2.00 bits per heavy atom. The number of amides is 1. The first kappa shape index (κ1) is 20.8. The van der Waals surface area contributed by atoms with Crippen LogP contribution in [0.1, 0.15) is 22.2 Å². The second kappa shape index (κ2) is 10.6. The third-order valence-electron chi connectivity index (χ3n) is 3.25. The number of ether oxygens (including phenoxy) is 2. The second-order valence-electron chi connectivity index (χ2n) is 5.17. The monoisotopic (exact) mass is 412 g/mol. The molecule has 0 spiro atoms. The van der Waals surface area contributed by atoms with Crippen LogP contribution in [-0.4, -0.2) is 43.5 Å².